The molecule has 2 rings (SSSR count). The van der Waals surface area contributed by atoms with Crippen LogP contribution in [0, 0.1) is 5.82 Å². The first-order valence-corrected chi connectivity index (χ1v) is 7.92. The van der Waals surface area contributed by atoms with E-state index >= 15 is 0 Å². The average molecular weight is 363 g/mol. The number of nitrogens with zero attached hydrogens (tertiary/aromatic N) is 1. The summed E-state index contributed by atoms with van der Waals surface area (Å²) >= 11 is 3.02. The van der Waals surface area contributed by atoms with Crippen molar-refractivity contribution in [2.75, 3.05) is 10.5 Å². The van der Waals surface area contributed by atoms with Crippen molar-refractivity contribution in [3.05, 3.63) is 34.2 Å². The lowest BCUT2D eigenvalue weighted by atomic mass is 10.3. The van der Waals surface area contributed by atoms with Crippen LogP contribution in [0.4, 0.5) is 15.9 Å². The van der Waals surface area contributed by atoms with E-state index in [0.717, 1.165) is 17.7 Å². The quantitative estimate of drug-likeness (QED) is 0.726. The Hall–Kier alpha value is -1.61. The second-order valence-corrected chi connectivity index (χ2v) is 6.54. The summed E-state index contributed by atoms with van der Waals surface area (Å²) in [4.78, 5) is -0.145. The van der Waals surface area contributed by atoms with E-state index < -0.39 is 15.8 Å². The van der Waals surface area contributed by atoms with E-state index in [1.807, 2.05) is 6.92 Å². The summed E-state index contributed by atoms with van der Waals surface area (Å²) in [6.07, 6.45) is 2.15. The van der Waals surface area contributed by atoms with Crippen molar-refractivity contribution in [2.45, 2.75) is 18.2 Å². The van der Waals surface area contributed by atoms with E-state index in [0.29, 0.717) is 6.42 Å². The van der Waals surface area contributed by atoms with Crippen molar-refractivity contribution in [1.29, 1.82) is 0 Å². The highest BCUT2D eigenvalue weighted by Crippen LogP contribution is 2.28. The minimum absolute atomic E-state index is 0.0919. The Kier molecular flexibility index (Phi) is 4.00. The molecule has 0 saturated heterocycles. The van der Waals surface area contributed by atoms with Crippen LogP contribution >= 0.6 is 15.9 Å². The van der Waals surface area contributed by atoms with Crippen molar-refractivity contribution in [3.8, 4) is 0 Å². The molecule has 2 aromatic rings. The maximum absolute atomic E-state index is 13.3. The van der Waals surface area contributed by atoms with Gasteiger partial charge in [-0.2, -0.15) is 5.10 Å². The summed E-state index contributed by atoms with van der Waals surface area (Å²) < 4.78 is 40.3. The van der Waals surface area contributed by atoms with Crippen LogP contribution in [-0.2, 0) is 16.4 Å². The molecule has 0 atom stereocenters. The standard InChI is InChI=1S/C11H12BrFN4O2S/c1-2-6-5-15-16-11(6)17-20(18,19)10-4-9(14)8(13)3-7(10)12/h3-5H,2,14H2,1H3,(H2,15,16,17). The molecule has 0 saturated carbocycles. The fraction of sp³-hybridized carbons (Fsp3) is 0.182. The second-order valence-electron chi connectivity index (χ2n) is 4.03. The minimum Gasteiger partial charge on any atom is -0.396 e. The van der Waals surface area contributed by atoms with E-state index in [9.17, 15) is 12.8 Å². The van der Waals surface area contributed by atoms with E-state index in [2.05, 4.69) is 30.8 Å². The Balaban J connectivity index is 2.43. The number of hydrogen-bond acceptors (Lipinski definition) is 4. The normalized spacial score (nSPS) is 11.6. The lowest BCUT2D eigenvalue weighted by molar-refractivity contribution is 0.599. The zero-order valence-corrected chi connectivity index (χ0v) is 12.8. The van der Waals surface area contributed by atoms with Crippen LogP contribution in [-0.4, -0.2) is 18.6 Å². The number of halogens is 2. The third-order valence-electron chi connectivity index (χ3n) is 2.68. The Bertz CT molecular complexity index is 745. The molecule has 0 aliphatic rings. The number of sulfonamides is 1. The van der Waals surface area contributed by atoms with Crippen LogP contribution in [0.5, 0.6) is 0 Å². The Morgan fingerprint density at radius 2 is 2.20 bits per heavy atom. The van der Waals surface area contributed by atoms with E-state index in [1.165, 1.54) is 6.20 Å². The third-order valence-corrected chi connectivity index (χ3v) is 4.98. The molecule has 9 heteroatoms. The molecule has 1 heterocycles. The SMILES string of the molecule is CCc1cn[nH]c1NS(=O)(=O)c1cc(N)c(F)cc1Br. The molecule has 0 aliphatic carbocycles. The number of anilines is 2. The number of nitrogens with two attached hydrogens (primary N) is 1. The van der Waals surface area contributed by atoms with Crippen LogP contribution in [0.25, 0.3) is 0 Å². The van der Waals surface area contributed by atoms with Gasteiger partial charge >= 0.3 is 0 Å². The van der Waals surface area contributed by atoms with Gasteiger partial charge < -0.3 is 5.73 Å². The number of aromatic nitrogens is 2. The molecule has 1 aromatic heterocycles. The van der Waals surface area contributed by atoms with Gasteiger partial charge in [0.2, 0.25) is 0 Å². The summed E-state index contributed by atoms with van der Waals surface area (Å²) in [6, 6.07) is 2.07. The monoisotopic (exact) mass is 362 g/mol. The van der Waals surface area contributed by atoms with Crippen molar-refractivity contribution in [1.82, 2.24) is 10.2 Å². The van der Waals surface area contributed by atoms with Crippen molar-refractivity contribution in [2.24, 2.45) is 0 Å². The third kappa shape index (κ3) is 2.78. The van der Waals surface area contributed by atoms with Gasteiger partial charge in [-0.25, -0.2) is 12.8 Å². The largest absolute Gasteiger partial charge is 0.396 e. The van der Waals surface area contributed by atoms with Gasteiger partial charge in [0.15, 0.2) is 0 Å². The zero-order valence-electron chi connectivity index (χ0n) is 10.4. The predicted octanol–water partition coefficient (Wildman–Crippen LogP) is 2.26. The van der Waals surface area contributed by atoms with Gasteiger partial charge in [0.1, 0.15) is 16.5 Å². The highest BCUT2D eigenvalue weighted by molar-refractivity contribution is 9.10. The molecule has 0 fully saturated rings. The molecule has 20 heavy (non-hydrogen) atoms. The van der Waals surface area contributed by atoms with Gasteiger partial charge in [-0.1, -0.05) is 6.92 Å². The molecule has 0 unspecified atom stereocenters. The number of hydrogen-bond donors (Lipinski definition) is 3. The van der Waals surface area contributed by atoms with Crippen LogP contribution in [0.15, 0.2) is 27.7 Å². The maximum Gasteiger partial charge on any atom is 0.264 e. The minimum atomic E-state index is -3.90. The number of rotatable bonds is 4. The van der Waals surface area contributed by atoms with Crippen molar-refractivity contribution >= 4 is 37.5 Å². The van der Waals surface area contributed by atoms with Gasteiger partial charge in [-0.15, -0.1) is 0 Å². The van der Waals surface area contributed by atoms with Gasteiger partial charge in [-0.05, 0) is 34.5 Å². The average Bonchev–Trinajstić information content (AvgIpc) is 2.80. The number of benzene rings is 1. The zero-order chi connectivity index (χ0) is 14.9. The van der Waals surface area contributed by atoms with Crippen LogP contribution in [0.1, 0.15) is 12.5 Å². The molecule has 0 spiro atoms. The number of nitrogens with one attached hydrogen (secondary N) is 2. The maximum atomic E-state index is 13.3. The van der Waals surface area contributed by atoms with Crippen LogP contribution in [0.2, 0.25) is 0 Å². The van der Waals surface area contributed by atoms with Gasteiger partial charge in [0.25, 0.3) is 10.0 Å². The Labute approximate surface area is 123 Å². The molecule has 1 aromatic carbocycles. The topological polar surface area (TPSA) is 101 Å². The Morgan fingerprint density at radius 1 is 1.50 bits per heavy atom. The molecular formula is C11H12BrFN4O2S. The van der Waals surface area contributed by atoms with Crippen molar-refractivity contribution in [3.63, 3.8) is 0 Å². The number of aromatic amines is 1. The molecular weight excluding hydrogens is 351 g/mol. The molecule has 0 amide bonds. The highest BCUT2D eigenvalue weighted by atomic mass is 79.9. The second kappa shape index (κ2) is 5.41. The smallest absolute Gasteiger partial charge is 0.264 e. The first-order chi connectivity index (χ1) is 9.35. The fourth-order valence-electron chi connectivity index (χ4n) is 1.61. The first-order valence-electron chi connectivity index (χ1n) is 5.64. The summed E-state index contributed by atoms with van der Waals surface area (Å²) in [5.41, 5.74) is 5.89. The molecule has 4 N–H and O–H groups in total. The van der Waals surface area contributed by atoms with E-state index in [-0.39, 0.29) is 20.9 Å². The highest BCUT2D eigenvalue weighted by Gasteiger charge is 2.21. The van der Waals surface area contributed by atoms with E-state index in [1.54, 1.807) is 0 Å². The van der Waals surface area contributed by atoms with E-state index in [4.69, 9.17) is 5.73 Å². The van der Waals surface area contributed by atoms with Gasteiger partial charge in [-0.3, -0.25) is 9.82 Å². The Morgan fingerprint density at radius 3 is 2.85 bits per heavy atom. The van der Waals surface area contributed by atoms with Crippen molar-refractivity contribution < 1.29 is 12.8 Å². The molecule has 6 nitrogen and oxygen atoms in total. The lowest BCUT2D eigenvalue weighted by Gasteiger charge is -2.10. The molecule has 0 bridgehead atoms. The fourth-order valence-corrected chi connectivity index (χ4v) is 3.72. The van der Waals surface area contributed by atoms with Gasteiger partial charge in [0.05, 0.1) is 11.9 Å². The van der Waals surface area contributed by atoms with Crippen LogP contribution in [0.3, 0.4) is 0 Å². The number of nitrogen functional groups attached to an aromatic ring is 1. The van der Waals surface area contributed by atoms with Crippen LogP contribution < -0.4 is 10.5 Å². The van der Waals surface area contributed by atoms with Gasteiger partial charge in [0, 0.05) is 10.0 Å². The molecule has 108 valence electrons. The predicted molar refractivity (Wildman–Crippen MR) is 77.3 cm³/mol. The number of H-pyrrole nitrogens is 1. The molecule has 0 radical (unpaired) electrons. The summed E-state index contributed by atoms with van der Waals surface area (Å²) in [7, 11) is -3.90. The summed E-state index contributed by atoms with van der Waals surface area (Å²) in [6.45, 7) is 1.87. The lowest BCUT2D eigenvalue weighted by Crippen LogP contribution is -2.15. The number of aryl methyl sites for hydroxylation is 1. The summed E-state index contributed by atoms with van der Waals surface area (Å²) in [5, 5.41) is 6.34. The summed E-state index contributed by atoms with van der Waals surface area (Å²) in [5.74, 6) is -0.408. The molecule has 0 aliphatic heterocycles. The first kappa shape index (κ1) is 14.8.